The van der Waals surface area contributed by atoms with Crippen LogP contribution >= 0.6 is 0 Å². The Kier molecular flexibility index (Phi) is 12.3. The Balaban J connectivity index is 2.14. The Morgan fingerprint density at radius 1 is 0.884 bits per heavy atom. The molecule has 1 saturated heterocycles. The largest absolute Gasteiger partial charge is 0.480 e. The predicted octanol–water partition coefficient (Wildman–Crippen LogP) is 2.69. The molecular formula is C29H39F3N4O7. The molecule has 11 nitrogen and oxygen atoms in total. The highest BCUT2D eigenvalue weighted by molar-refractivity contribution is 6.01. The zero-order valence-electron chi connectivity index (χ0n) is 24.8. The number of benzene rings is 1. The minimum atomic E-state index is -5.14. The summed E-state index contributed by atoms with van der Waals surface area (Å²) >= 11 is 0. The number of likely N-dealkylation sites (tertiary alicyclic amines) is 1. The molecule has 4 amide bonds. The first-order valence-electron chi connectivity index (χ1n) is 14.2. The van der Waals surface area contributed by atoms with Gasteiger partial charge < -0.3 is 26.0 Å². The fourth-order valence-electron chi connectivity index (χ4n) is 4.74. The third-order valence-electron chi connectivity index (χ3n) is 7.17. The first-order chi connectivity index (χ1) is 20.0. The van der Waals surface area contributed by atoms with E-state index in [-0.39, 0.29) is 30.5 Å². The van der Waals surface area contributed by atoms with E-state index in [4.69, 9.17) is 0 Å². The van der Waals surface area contributed by atoms with Crippen LogP contribution in [0.1, 0.15) is 81.0 Å². The molecule has 0 aliphatic carbocycles. The molecule has 14 heteroatoms. The Hall–Kier alpha value is -3.97. The molecule has 2 unspecified atom stereocenters. The molecule has 0 aromatic heterocycles. The number of aliphatic carboxylic acids is 1. The van der Waals surface area contributed by atoms with Crippen molar-refractivity contribution in [3.05, 3.63) is 35.4 Å². The first-order valence-corrected chi connectivity index (χ1v) is 14.2. The van der Waals surface area contributed by atoms with E-state index in [9.17, 15) is 47.0 Å². The molecule has 1 aromatic carbocycles. The van der Waals surface area contributed by atoms with E-state index < -0.39 is 77.6 Å². The molecular weight excluding hydrogens is 573 g/mol. The normalized spacial score (nSPS) is 17.3. The molecule has 1 aromatic rings. The van der Waals surface area contributed by atoms with Crippen LogP contribution in [0.3, 0.4) is 0 Å². The van der Waals surface area contributed by atoms with Crippen molar-refractivity contribution < 1.29 is 47.0 Å². The highest BCUT2D eigenvalue weighted by Gasteiger charge is 2.46. The van der Waals surface area contributed by atoms with E-state index in [1.165, 1.54) is 43.0 Å². The Morgan fingerprint density at radius 2 is 1.40 bits per heavy atom. The van der Waals surface area contributed by atoms with Gasteiger partial charge in [0.25, 0.3) is 17.6 Å². The SMILES string of the molecule is CCCC(NC(=O)c1ccc(C(=O)N[C@H](C(=O)N2CCC[C@H]2C(=O)NC(C(=O)C(F)(F)F)C(C)C)C(C)C)cc1)C(=O)O. The number of ketones is 1. The Bertz CT molecular complexity index is 1200. The number of nitrogens with one attached hydrogen (secondary N) is 3. The molecule has 1 fully saturated rings. The van der Waals surface area contributed by atoms with E-state index >= 15 is 0 Å². The van der Waals surface area contributed by atoms with E-state index in [0.29, 0.717) is 12.8 Å². The molecule has 43 heavy (non-hydrogen) atoms. The standard InChI is InChI=1S/C29H39F3N4O7/c1-6-8-19(28(42)43)33-24(38)17-10-12-18(13-11-17)25(39)35-22(16(4)5)27(41)36-14-7-9-20(36)26(40)34-21(15(2)3)23(37)29(30,31)32/h10-13,15-16,19-22H,6-9,14H2,1-5H3,(H,33,38)(H,34,40)(H,35,39)(H,42,43)/t19?,20-,21?,22-/m0/s1. The van der Waals surface area contributed by atoms with E-state index in [2.05, 4.69) is 16.0 Å². The number of Topliss-reactive ketones (excluding diaryl/α,β-unsaturated/α-hetero) is 1. The van der Waals surface area contributed by atoms with Crippen molar-refractivity contribution in [1.29, 1.82) is 0 Å². The fourth-order valence-corrected chi connectivity index (χ4v) is 4.74. The summed E-state index contributed by atoms with van der Waals surface area (Å²) in [6.45, 7) is 8.01. The third-order valence-corrected chi connectivity index (χ3v) is 7.17. The zero-order valence-corrected chi connectivity index (χ0v) is 24.8. The number of carboxylic acids is 1. The topological polar surface area (TPSA) is 162 Å². The van der Waals surface area contributed by atoms with Crippen LogP contribution in [0.15, 0.2) is 24.3 Å². The lowest BCUT2D eigenvalue weighted by Gasteiger charge is -2.32. The summed E-state index contributed by atoms with van der Waals surface area (Å²) in [5.41, 5.74) is 0.240. The fraction of sp³-hybridized carbons (Fsp3) is 0.586. The number of hydrogen-bond acceptors (Lipinski definition) is 6. The van der Waals surface area contributed by atoms with Crippen molar-refractivity contribution in [1.82, 2.24) is 20.9 Å². The molecule has 4 atom stereocenters. The van der Waals surface area contributed by atoms with Gasteiger partial charge >= 0.3 is 12.1 Å². The van der Waals surface area contributed by atoms with Crippen molar-refractivity contribution in [2.24, 2.45) is 11.8 Å². The van der Waals surface area contributed by atoms with Gasteiger partial charge in [0.15, 0.2) is 0 Å². The summed E-state index contributed by atoms with van der Waals surface area (Å²) in [7, 11) is 0. The van der Waals surface area contributed by atoms with Gasteiger partial charge in [-0.25, -0.2) is 4.79 Å². The highest BCUT2D eigenvalue weighted by atomic mass is 19.4. The van der Waals surface area contributed by atoms with Crippen molar-refractivity contribution >= 4 is 35.4 Å². The van der Waals surface area contributed by atoms with Gasteiger partial charge in [-0.05, 0) is 55.4 Å². The minimum absolute atomic E-state index is 0.111. The number of carbonyl (C=O) groups excluding carboxylic acids is 5. The number of halogens is 3. The van der Waals surface area contributed by atoms with Crippen molar-refractivity contribution in [3.8, 4) is 0 Å². The number of hydrogen-bond donors (Lipinski definition) is 4. The van der Waals surface area contributed by atoms with Crippen LogP contribution in [-0.2, 0) is 19.2 Å². The van der Waals surface area contributed by atoms with Crippen LogP contribution in [-0.4, -0.2) is 82.3 Å². The highest BCUT2D eigenvalue weighted by Crippen LogP contribution is 2.24. The number of rotatable bonds is 13. The summed E-state index contributed by atoms with van der Waals surface area (Å²) in [6.07, 6.45) is -3.78. The van der Waals surface area contributed by atoms with Gasteiger partial charge in [-0.3, -0.25) is 24.0 Å². The number of carboxylic acid groups (broad SMARTS) is 1. The summed E-state index contributed by atoms with van der Waals surface area (Å²) in [4.78, 5) is 76.4. The Labute approximate surface area is 247 Å². The number of nitrogens with zero attached hydrogens (tertiary/aromatic N) is 1. The summed E-state index contributed by atoms with van der Waals surface area (Å²) in [5, 5.41) is 16.5. The van der Waals surface area contributed by atoms with E-state index in [1.54, 1.807) is 20.8 Å². The average Bonchev–Trinajstić information content (AvgIpc) is 3.43. The van der Waals surface area contributed by atoms with Crippen LogP contribution < -0.4 is 16.0 Å². The molecule has 0 radical (unpaired) electrons. The maximum Gasteiger partial charge on any atom is 0.452 e. The summed E-state index contributed by atoms with van der Waals surface area (Å²) < 4.78 is 39.2. The lowest BCUT2D eigenvalue weighted by atomic mass is 9.98. The smallest absolute Gasteiger partial charge is 0.452 e. The molecule has 1 aliphatic heterocycles. The van der Waals surface area contributed by atoms with Crippen LogP contribution in [0.4, 0.5) is 13.2 Å². The van der Waals surface area contributed by atoms with Gasteiger partial charge in [0.1, 0.15) is 18.1 Å². The van der Waals surface area contributed by atoms with Gasteiger partial charge in [0, 0.05) is 17.7 Å². The van der Waals surface area contributed by atoms with Gasteiger partial charge in [-0.2, -0.15) is 13.2 Å². The molecule has 2 rings (SSSR count). The van der Waals surface area contributed by atoms with Crippen LogP contribution in [0, 0.1) is 11.8 Å². The second kappa shape index (κ2) is 15.0. The minimum Gasteiger partial charge on any atom is -0.480 e. The predicted molar refractivity (Wildman–Crippen MR) is 149 cm³/mol. The van der Waals surface area contributed by atoms with E-state index in [0.717, 1.165) is 0 Å². The van der Waals surface area contributed by atoms with Gasteiger partial charge in [-0.1, -0.05) is 41.0 Å². The summed E-state index contributed by atoms with van der Waals surface area (Å²) in [6, 6.07) is 0.300. The zero-order chi connectivity index (χ0) is 32.6. The molecule has 4 N–H and O–H groups in total. The first kappa shape index (κ1) is 35.2. The van der Waals surface area contributed by atoms with Crippen LogP contribution in [0.25, 0.3) is 0 Å². The molecule has 1 heterocycles. The third kappa shape index (κ3) is 9.26. The number of alkyl halides is 3. The monoisotopic (exact) mass is 612 g/mol. The quantitative estimate of drug-likeness (QED) is 0.266. The van der Waals surface area contributed by atoms with Crippen molar-refractivity contribution in [2.75, 3.05) is 6.54 Å². The van der Waals surface area contributed by atoms with Gasteiger partial charge in [0.05, 0.1) is 6.04 Å². The summed E-state index contributed by atoms with van der Waals surface area (Å²) in [5.74, 6) is -7.29. The molecule has 0 bridgehead atoms. The molecule has 0 saturated carbocycles. The average molecular weight is 613 g/mol. The number of amides is 4. The van der Waals surface area contributed by atoms with Crippen LogP contribution in [0.2, 0.25) is 0 Å². The maximum absolute atomic E-state index is 13.5. The molecule has 0 spiro atoms. The van der Waals surface area contributed by atoms with E-state index in [1.807, 2.05) is 0 Å². The van der Waals surface area contributed by atoms with Crippen LogP contribution in [0.5, 0.6) is 0 Å². The van der Waals surface area contributed by atoms with Gasteiger partial charge in [-0.15, -0.1) is 0 Å². The second-order valence-corrected chi connectivity index (χ2v) is 11.2. The van der Waals surface area contributed by atoms with Crippen molar-refractivity contribution in [2.45, 2.75) is 90.6 Å². The Morgan fingerprint density at radius 3 is 1.84 bits per heavy atom. The molecule has 1 aliphatic rings. The molecule has 238 valence electrons. The number of carbonyl (C=O) groups is 6. The van der Waals surface area contributed by atoms with Gasteiger partial charge in [0.2, 0.25) is 11.8 Å². The van der Waals surface area contributed by atoms with Crippen molar-refractivity contribution in [3.63, 3.8) is 0 Å². The maximum atomic E-state index is 13.5. The lowest BCUT2D eigenvalue weighted by molar-refractivity contribution is -0.175. The lowest BCUT2D eigenvalue weighted by Crippen LogP contribution is -2.58. The second-order valence-electron chi connectivity index (χ2n) is 11.2.